The third-order valence-electron chi connectivity index (χ3n) is 4.25. The van der Waals surface area contributed by atoms with Crippen molar-refractivity contribution in [1.82, 2.24) is 0 Å². The molecule has 0 radical (unpaired) electrons. The number of rotatable bonds is 10. The summed E-state index contributed by atoms with van der Waals surface area (Å²) in [6, 6.07) is 0. The predicted octanol–water partition coefficient (Wildman–Crippen LogP) is 4.52. The minimum absolute atomic E-state index is 0.239. The molecule has 23 heavy (non-hydrogen) atoms. The lowest BCUT2D eigenvalue weighted by Crippen LogP contribution is -2.43. The quantitative estimate of drug-likeness (QED) is 0.348. The number of carboxylic acid groups (broad SMARTS) is 1. The fourth-order valence-corrected chi connectivity index (χ4v) is 3.35. The second-order valence-corrected chi connectivity index (χ2v) is 12.4. The standard InChI is InChI=1S/C18H34O4Si/c1-15(22-23(5,6)18(2,3)4)12-10-8-7-9-11-13-16(19)14-17(20)21/h7,9,11,13,15-16,19H,8,10,12,14H2,1-6H3,(H,20,21)/b9-7+,13-11+/t15-,16-/m1/s1. The Balaban J connectivity index is 3.97. The van der Waals surface area contributed by atoms with Gasteiger partial charge in [0.15, 0.2) is 8.32 Å². The number of hydrogen-bond acceptors (Lipinski definition) is 3. The van der Waals surface area contributed by atoms with Crippen molar-refractivity contribution in [3.05, 3.63) is 24.3 Å². The monoisotopic (exact) mass is 342 g/mol. The molecule has 0 heterocycles. The molecule has 0 aromatic heterocycles. The Kier molecular flexibility index (Phi) is 9.66. The summed E-state index contributed by atoms with van der Waals surface area (Å²) < 4.78 is 6.31. The van der Waals surface area contributed by atoms with Crippen molar-refractivity contribution in [1.29, 1.82) is 0 Å². The number of aliphatic carboxylic acids is 1. The van der Waals surface area contributed by atoms with Crippen molar-refractivity contribution in [2.75, 3.05) is 0 Å². The van der Waals surface area contributed by atoms with E-state index in [1.165, 1.54) is 6.08 Å². The molecule has 0 spiro atoms. The van der Waals surface area contributed by atoms with E-state index in [1.54, 1.807) is 6.08 Å². The Labute approximate surface area is 142 Å². The van der Waals surface area contributed by atoms with Gasteiger partial charge >= 0.3 is 5.97 Å². The Bertz CT molecular complexity index is 408. The van der Waals surface area contributed by atoms with Gasteiger partial charge < -0.3 is 14.6 Å². The van der Waals surface area contributed by atoms with Gasteiger partial charge in [-0.15, -0.1) is 0 Å². The molecule has 0 unspecified atom stereocenters. The van der Waals surface area contributed by atoms with E-state index in [4.69, 9.17) is 9.53 Å². The van der Waals surface area contributed by atoms with Gasteiger partial charge in [-0.25, -0.2) is 0 Å². The average Bonchev–Trinajstić information content (AvgIpc) is 2.34. The lowest BCUT2D eigenvalue weighted by atomic mass is 10.1. The van der Waals surface area contributed by atoms with Gasteiger partial charge in [0.25, 0.3) is 0 Å². The van der Waals surface area contributed by atoms with Gasteiger partial charge in [0.1, 0.15) is 0 Å². The highest BCUT2D eigenvalue weighted by Crippen LogP contribution is 2.37. The molecular formula is C18H34O4Si. The molecule has 0 saturated heterocycles. The molecule has 0 bridgehead atoms. The van der Waals surface area contributed by atoms with Crippen molar-refractivity contribution in [2.45, 2.75) is 83.7 Å². The Morgan fingerprint density at radius 1 is 1.26 bits per heavy atom. The zero-order chi connectivity index (χ0) is 18.1. The third kappa shape index (κ3) is 10.5. The highest BCUT2D eigenvalue weighted by atomic mass is 28.4. The Morgan fingerprint density at radius 3 is 2.39 bits per heavy atom. The van der Waals surface area contributed by atoms with Crippen LogP contribution >= 0.6 is 0 Å². The van der Waals surface area contributed by atoms with Gasteiger partial charge in [0, 0.05) is 6.10 Å². The van der Waals surface area contributed by atoms with Crippen molar-refractivity contribution < 1.29 is 19.4 Å². The predicted molar refractivity (Wildman–Crippen MR) is 98.1 cm³/mol. The largest absolute Gasteiger partial charge is 0.481 e. The van der Waals surface area contributed by atoms with E-state index in [1.807, 2.05) is 12.2 Å². The first-order valence-corrected chi connectivity index (χ1v) is 11.3. The van der Waals surface area contributed by atoms with Crippen LogP contribution in [0.25, 0.3) is 0 Å². The first-order chi connectivity index (χ1) is 10.5. The number of unbranched alkanes of at least 4 members (excludes halogenated alkanes) is 1. The molecule has 2 atom stereocenters. The lowest BCUT2D eigenvalue weighted by molar-refractivity contribution is -0.138. The normalized spacial score (nSPS) is 16.1. The number of hydrogen-bond donors (Lipinski definition) is 2. The lowest BCUT2D eigenvalue weighted by Gasteiger charge is -2.38. The number of allylic oxidation sites excluding steroid dienone is 3. The fourth-order valence-electron chi connectivity index (χ4n) is 1.88. The number of aliphatic hydroxyl groups excluding tert-OH is 1. The van der Waals surface area contributed by atoms with Crippen LogP contribution in [0.5, 0.6) is 0 Å². The van der Waals surface area contributed by atoms with Gasteiger partial charge in [-0.05, 0) is 44.3 Å². The van der Waals surface area contributed by atoms with E-state index in [0.717, 1.165) is 19.3 Å². The van der Waals surface area contributed by atoms with Gasteiger partial charge in [-0.1, -0.05) is 45.1 Å². The average molecular weight is 343 g/mol. The van der Waals surface area contributed by atoms with Crippen molar-refractivity contribution in [3.63, 3.8) is 0 Å². The minimum atomic E-state index is -1.68. The van der Waals surface area contributed by atoms with Crippen molar-refractivity contribution >= 4 is 14.3 Å². The van der Waals surface area contributed by atoms with Gasteiger partial charge in [0.05, 0.1) is 12.5 Å². The van der Waals surface area contributed by atoms with Crippen LogP contribution in [0.4, 0.5) is 0 Å². The fraction of sp³-hybridized carbons (Fsp3) is 0.722. The highest BCUT2D eigenvalue weighted by molar-refractivity contribution is 6.74. The molecule has 134 valence electrons. The zero-order valence-electron chi connectivity index (χ0n) is 15.5. The third-order valence-corrected chi connectivity index (χ3v) is 8.85. The molecule has 0 saturated carbocycles. The zero-order valence-corrected chi connectivity index (χ0v) is 16.5. The SMILES string of the molecule is C[C@H](CCC/C=C/C=C/[C@@H](O)CC(=O)O)O[Si](C)(C)C(C)(C)C. The number of carboxylic acids is 1. The van der Waals surface area contributed by atoms with Crippen LogP contribution in [0.2, 0.25) is 18.1 Å². The van der Waals surface area contributed by atoms with Crippen LogP contribution in [0.15, 0.2) is 24.3 Å². The topological polar surface area (TPSA) is 66.8 Å². The summed E-state index contributed by atoms with van der Waals surface area (Å²) >= 11 is 0. The number of carbonyl (C=O) groups is 1. The molecule has 4 nitrogen and oxygen atoms in total. The van der Waals surface area contributed by atoms with Gasteiger partial charge in [0.2, 0.25) is 0 Å². The molecule has 5 heteroatoms. The first-order valence-electron chi connectivity index (χ1n) is 8.36. The summed E-state index contributed by atoms with van der Waals surface area (Å²) in [6.45, 7) is 13.4. The van der Waals surface area contributed by atoms with E-state index >= 15 is 0 Å². The van der Waals surface area contributed by atoms with E-state index in [-0.39, 0.29) is 17.6 Å². The van der Waals surface area contributed by atoms with Crippen LogP contribution < -0.4 is 0 Å². The molecule has 0 aliphatic carbocycles. The van der Waals surface area contributed by atoms with Crippen LogP contribution in [-0.4, -0.2) is 36.7 Å². The van der Waals surface area contributed by atoms with Crippen LogP contribution in [0.1, 0.15) is 53.4 Å². The van der Waals surface area contributed by atoms with Crippen LogP contribution in [-0.2, 0) is 9.22 Å². The van der Waals surface area contributed by atoms with Crippen LogP contribution in [0, 0.1) is 0 Å². The van der Waals surface area contributed by atoms with E-state index in [2.05, 4.69) is 40.8 Å². The van der Waals surface area contributed by atoms with E-state index < -0.39 is 20.4 Å². The maximum atomic E-state index is 10.4. The highest BCUT2D eigenvalue weighted by Gasteiger charge is 2.38. The second kappa shape index (κ2) is 10.1. The second-order valence-electron chi connectivity index (χ2n) is 7.60. The maximum absolute atomic E-state index is 10.4. The van der Waals surface area contributed by atoms with Crippen molar-refractivity contribution in [3.8, 4) is 0 Å². The molecule has 0 amide bonds. The molecule has 2 N–H and O–H groups in total. The van der Waals surface area contributed by atoms with E-state index in [9.17, 15) is 9.90 Å². The van der Waals surface area contributed by atoms with E-state index in [0.29, 0.717) is 0 Å². The Morgan fingerprint density at radius 2 is 1.87 bits per heavy atom. The Hall–Kier alpha value is -0.913. The first kappa shape index (κ1) is 22.1. The summed E-state index contributed by atoms with van der Waals surface area (Å²) in [5, 5.41) is 18.1. The molecule has 0 rings (SSSR count). The molecule has 0 aliphatic heterocycles. The minimum Gasteiger partial charge on any atom is -0.481 e. The summed E-state index contributed by atoms with van der Waals surface area (Å²) in [4.78, 5) is 10.4. The summed E-state index contributed by atoms with van der Waals surface area (Å²) in [5.74, 6) is -0.998. The number of aliphatic hydroxyl groups is 1. The smallest absolute Gasteiger partial charge is 0.306 e. The summed E-state index contributed by atoms with van der Waals surface area (Å²) in [5.41, 5.74) is 0. The maximum Gasteiger partial charge on any atom is 0.306 e. The van der Waals surface area contributed by atoms with Crippen LogP contribution in [0.3, 0.4) is 0 Å². The molecule has 0 aliphatic rings. The summed E-state index contributed by atoms with van der Waals surface area (Å²) in [7, 11) is -1.68. The molecule has 0 aromatic rings. The molecular weight excluding hydrogens is 308 g/mol. The molecule has 0 fully saturated rings. The van der Waals surface area contributed by atoms with Crippen molar-refractivity contribution in [2.24, 2.45) is 0 Å². The van der Waals surface area contributed by atoms with Gasteiger partial charge in [-0.3, -0.25) is 4.79 Å². The van der Waals surface area contributed by atoms with Gasteiger partial charge in [-0.2, -0.15) is 0 Å². The summed E-state index contributed by atoms with van der Waals surface area (Å²) in [6.07, 6.45) is 9.20. The molecule has 0 aromatic carbocycles.